The Hall–Kier alpha value is -3.21. The summed E-state index contributed by atoms with van der Waals surface area (Å²) in [7, 11) is 0. The summed E-state index contributed by atoms with van der Waals surface area (Å²) < 4.78 is 31.2. The van der Waals surface area contributed by atoms with E-state index in [9.17, 15) is 9.18 Å². The zero-order valence-corrected chi connectivity index (χ0v) is 20.8. The Kier molecular flexibility index (Phi) is 6.48. The second-order valence-electron chi connectivity index (χ2n) is 10.2. The van der Waals surface area contributed by atoms with Crippen molar-refractivity contribution in [3.05, 3.63) is 53.6 Å². The Morgan fingerprint density at radius 3 is 2.54 bits per heavy atom. The number of benzene rings is 1. The third-order valence-corrected chi connectivity index (χ3v) is 7.09. The first-order valence-corrected chi connectivity index (χ1v) is 12.8. The van der Waals surface area contributed by atoms with Crippen molar-refractivity contribution in [1.82, 2.24) is 14.9 Å². The normalized spacial score (nSPS) is 26.3. The van der Waals surface area contributed by atoms with Crippen molar-refractivity contribution in [3.63, 3.8) is 0 Å². The van der Waals surface area contributed by atoms with Crippen LogP contribution in [0.15, 0.2) is 41.5 Å². The molecule has 2 saturated heterocycles. The number of ether oxygens (including phenoxy) is 3. The minimum absolute atomic E-state index is 0.0186. The van der Waals surface area contributed by atoms with E-state index < -0.39 is 11.7 Å². The minimum atomic E-state index is -0.765. The number of hydrogen-bond acceptors (Lipinski definition) is 8. The Bertz CT molecular complexity index is 1230. The maximum Gasteiger partial charge on any atom is 0.233 e. The van der Waals surface area contributed by atoms with Crippen molar-refractivity contribution < 1.29 is 23.4 Å². The average molecular weight is 508 g/mol. The molecule has 3 aliphatic heterocycles. The highest BCUT2D eigenvalue weighted by Gasteiger charge is 2.44. The van der Waals surface area contributed by atoms with E-state index in [1.54, 1.807) is 18.3 Å². The lowest BCUT2D eigenvalue weighted by atomic mass is 9.89. The molecule has 2 aromatic rings. The Balaban J connectivity index is 1.22. The molecule has 1 amide bonds. The highest BCUT2D eigenvalue weighted by Crippen LogP contribution is 2.38. The lowest BCUT2D eigenvalue weighted by molar-refractivity contribution is -0.203. The Labute approximate surface area is 214 Å². The largest absolute Gasteiger partial charge is 0.378 e. The first-order valence-electron chi connectivity index (χ1n) is 12.8. The molecule has 194 valence electrons. The summed E-state index contributed by atoms with van der Waals surface area (Å²) in [5.74, 6) is 0.293. The van der Waals surface area contributed by atoms with Gasteiger partial charge in [-0.05, 0) is 50.1 Å². The summed E-state index contributed by atoms with van der Waals surface area (Å²) in [6, 6.07) is 8.54. The van der Waals surface area contributed by atoms with E-state index in [0.29, 0.717) is 56.1 Å². The fourth-order valence-corrected chi connectivity index (χ4v) is 4.79. The molecule has 0 unspecified atom stereocenters. The summed E-state index contributed by atoms with van der Waals surface area (Å²) in [4.78, 5) is 28.9. The van der Waals surface area contributed by atoms with Crippen LogP contribution in [0.2, 0.25) is 0 Å². The summed E-state index contributed by atoms with van der Waals surface area (Å²) in [5.41, 5.74) is 3.07. The predicted molar refractivity (Wildman–Crippen MR) is 135 cm³/mol. The average Bonchev–Trinajstić information content (AvgIpc) is 3.64. The van der Waals surface area contributed by atoms with E-state index in [1.165, 1.54) is 12.1 Å². The molecule has 37 heavy (non-hydrogen) atoms. The van der Waals surface area contributed by atoms with Crippen LogP contribution in [0, 0.1) is 11.2 Å². The lowest BCUT2D eigenvalue weighted by Crippen LogP contribution is -2.54. The van der Waals surface area contributed by atoms with Gasteiger partial charge in [-0.2, -0.15) is 0 Å². The van der Waals surface area contributed by atoms with Crippen LogP contribution in [-0.4, -0.2) is 78.3 Å². The molecule has 1 aromatic heterocycles. The molecule has 1 aromatic carbocycles. The molecule has 6 rings (SSSR count). The van der Waals surface area contributed by atoms with Crippen LogP contribution in [0.3, 0.4) is 0 Å². The molecular weight excluding hydrogens is 477 g/mol. The zero-order chi connectivity index (χ0) is 25.4. The summed E-state index contributed by atoms with van der Waals surface area (Å²) in [6.07, 6.45) is 3.76. The van der Waals surface area contributed by atoms with Crippen molar-refractivity contribution >= 4 is 28.8 Å². The Morgan fingerprint density at radius 2 is 1.84 bits per heavy atom. The zero-order valence-electron chi connectivity index (χ0n) is 20.8. The van der Waals surface area contributed by atoms with E-state index in [0.717, 1.165) is 29.7 Å². The third kappa shape index (κ3) is 5.14. The van der Waals surface area contributed by atoms with Crippen molar-refractivity contribution in [1.29, 1.82) is 0 Å². The number of anilines is 1. The van der Waals surface area contributed by atoms with Gasteiger partial charge in [-0.1, -0.05) is 0 Å². The van der Waals surface area contributed by atoms with Gasteiger partial charge in [0.25, 0.3) is 0 Å². The monoisotopic (exact) mass is 507 g/mol. The Morgan fingerprint density at radius 1 is 1.11 bits per heavy atom. The highest BCUT2D eigenvalue weighted by molar-refractivity contribution is 6.11. The van der Waals surface area contributed by atoms with Gasteiger partial charge < -0.3 is 24.4 Å². The van der Waals surface area contributed by atoms with Gasteiger partial charge in [0.05, 0.1) is 48.9 Å². The van der Waals surface area contributed by atoms with E-state index in [-0.39, 0.29) is 24.9 Å². The van der Waals surface area contributed by atoms with E-state index in [2.05, 4.69) is 10.3 Å². The molecular formula is C27H30FN5O4. The van der Waals surface area contributed by atoms with Crippen LogP contribution in [0.25, 0.3) is 11.3 Å². The van der Waals surface area contributed by atoms with Crippen LogP contribution in [0.5, 0.6) is 0 Å². The van der Waals surface area contributed by atoms with Crippen LogP contribution in [0.1, 0.15) is 37.4 Å². The minimum Gasteiger partial charge on any atom is -0.378 e. The second-order valence-corrected chi connectivity index (χ2v) is 10.2. The van der Waals surface area contributed by atoms with Crippen molar-refractivity contribution in [3.8, 4) is 0 Å². The number of nitrogens with one attached hydrogen (secondary N) is 1. The molecule has 3 fully saturated rings. The SMILES string of the molecule is CC1(C(=O)N2CCOCC2)COC(C2=NC(c3ccc(F)cc3)=C(c3ccnc(NC4CC4)n3)C2)OC1. The van der Waals surface area contributed by atoms with Gasteiger partial charge in [0.15, 0.2) is 6.29 Å². The van der Waals surface area contributed by atoms with Crippen LogP contribution in [0.4, 0.5) is 10.3 Å². The third-order valence-electron chi connectivity index (χ3n) is 7.09. The van der Waals surface area contributed by atoms with Gasteiger partial charge in [0.1, 0.15) is 5.82 Å². The molecule has 1 N–H and O–H groups in total. The van der Waals surface area contributed by atoms with Gasteiger partial charge in [-0.25, -0.2) is 14.4 Å². The fraction of sp³-hybridized carbons (Fsp3) is 0.481. The molecule has 10 heteroatoms. The van der Waals surface area contributed by atoms with E-state index in [4.69, 9.17) is 24.2 Å². The van der Waals surface area contributed by atoms with Crippen LogP contribution < -0.4 is 5.32 Å². The summed E-state index contributed by atoms with van der Waals surface area (Å²) in [6.45, 7) is 4.59. The number of morpholine rings is 1. The van der Waals surface area contributed by atoms with Gasteiger partial charge in [-0.15, -0.1) is 0 Å². The van der Waals surface area contributed by atoms with Gasteiger partial charge >= 0.3 is 0 Å². The number of hydrogen-bond donors (Lipinski definition) is 1. The molecule has 4 aliphatic rings. The first-order chi connectivity index (χ1) is 18.0. The van der Waals surface area contributed by atoms with Crippen LogP contribution in [-0.2, 0) is 19.0 Å². The number of carbonyl (C=O) groups is 1. The number of allylic oxidation sites excluding steroid dienone is 1. The quantitative estimate of drug-likeness (QED) is 0.642. The van der Waals surface area contributed by atoms with Crippen LogP contribution >= 0.6 is 0 Å². The molecule has 1 aliphatic carbocycles. The highest BCUT2D eigenvalue weighted by atomic mass is 19.1. The first kappa shape index (κ1) is 24.1. The smallest absolute Gasteiger partial charge is 0.233 e. The fourth-order valence-electron chi connectivity index (χ4n) is 4.79. The number of amides is 1. The predicted octanol–water partition coefficient (Wildman–Crippen LogP) is 3.14. The van der Waals surface area contributed by atoms with Crippen molar-refractivity contribution in [2.75, 3.05) is 44.8 Å². The summed E-state index contributed by atoms with van der Waals surface area (Å²) in [5, 5.41) is 3.34. The van der Waals surface area contributed by atoms with Crippen molar-refractivity contribution in [2.45, 2.75) is 38.5 Å². The number of nitrogens with zero attached hydrogens (tertiary/aromatic N) is 4. The van der Waals surface area contributed by atoms with Crippen molar-refractivity contribution in [2.24, 2.45) is 10.4 Å². The second kappa shape index (κ2) is 9.92. The molecule has 0 spiro atoms. The topological polar surface area (TPSA) is 98.2 Å². The molecule has 1 saturated carbocycles. The van der Waals surface area contributed by atoms with Gasteiger partial charge in [-0.3, -0.25) is 9.79 Å². The van der Waals surface area contributed by atoms with Gasteiger partial charge in [0, 0.05) is 42.9 Å². The summed E-state index contributed by atoms with van der Waals surface area (Å²) >= 11 is 0. The maximum absolute atomic E-state index is 13.7. The van der Waals surface area contributed by atoms with Gasteiger partial charge in [0.2, 0.25) is 11.9 Å². The van der Waals surface area contributed by atoms with E-state index in [1.807, 2.05) is 17.9 Å². The molecule has 4 heterocycles. The number of carbonyl (C=O) groups excluding carboxylic acids is 1. The number of halogens is 1. The lowest BCUT2D eigenvalue weighted by Gasteiger charge is -2.40. The number of aliphatic imine (C=N–C) groups is 1. The number of aromatic nitrogens is 2. The van der Waals surface area contributed by atoms with E-state index >= 15 is 0 Å². The molecule has 9 nitrogen and oxygen atoms in total. The number of rotatable bonds is 6. The standard InChI is InChI=1S/C27H30FN5O4/c1-27(25(34)33-10-12-35-13-11-33)15-36-24(37-16-27)22-14-20(23(31-22)17-2-4-18(28)5-3-17)21-8-9-29-26(32-21)30-19-6-7-19/h2-5,8-9,19,24H,6-7,10-16H2,1H3,(H,29,30,32). The maximum atomic E-state index is 13.7. The molecule has 0 atom stereocenters. The molecule has 0 radical (unpaired) electrons. The molecule has 0 bridgehead atoms.